The summed E-state index contributed by atoms with van der Waals surface area (Å²) in [6.07, 6.45) is -4.41. The van der Waals surface area contributed by atoms with Crippen LogP contribution in [0.4, 0.5) is 18.9 Å². The van der Waals surface area contributed by atoms with E-state index in [4.69, 9.17) is 10.5 Å². The largest absolute Gasteiger partial charge is 0.487 e. The molecule has 2 aromatic rings. The fourth-order valence-electron chi connectivity index (χ4n) is 1.86. The quantitative estimate of drug-likeness (QED) is 0.857. The summed E-state index contributed by atoms with van der Waals surface area (Å²) < 4.78 is 43.6. The lowest BCUT2D eigenvalue weighted by Gasteiger charge is -2.15. The lowest BCUT2D eigenvalue weighted by Crippen LogP contribution is -2.09. The summed E-state index contributed by atoms with van der Waals surface area (Å²) in [6.45, 7) is 1.65. The number of nitrogens with two attached hydrogens (primary N) is 1. The second kappa shape index (κ2) is 5.45. The van der Waals surface area contributed by atoms with Crippen LogP contribution >= 0.6 is 0 Å². The van der Waals surface area contributed by atoms with Crippen molar-refractivity contribution in [2.75, 3.05) is 5.73 Å². The molecule has 0 saturated carbocycles. The van der Waals surface area contributed by atoms with Gasteiger partial charge in [-0.05, 0) is 30.2 Å². The fraction of sp³-hybridized carbons (Fsp3) is 0.200. The van der Waals surface area contributed by atoms with Gasteiger partial charge in [0, 0.05) is 0 Å². The van der Waals surface area contributed by atoms with Crippen molar-refractivity contribution in [3.63, 3.8) is 0 Å². The predicted molar refractivity (Wildman–Crippen MR) is 71.4 cm³/mol. The van der Waals surface area contributed by atoms with E-state index in [2.05, 4.69) is 0 Å². The maximum atomic E-state index is 12.7. The summed E-state index contributed by atoms with van der Waals surface area (Å²) in [7, 11) is 0. The van der Waals surface area contributed by atoms with Gasteiger partial charge in [-0.15, -0.1) is 0 Å². The lowest BCUT2D eigenvalue weighted by atomic mass is 10.1. The molecule has 0 aromatic heterocycles. The zero-order valence-electron chi connectivity index (χ0n) is 10.9. The number of ether oxygens (including phenoxy) is 1. The van der Waals surface area contributed by atoms with Gasteiger partial charge in [0.1, 0.15) is 12.4 Å². The van der Waals surface area contributed by atoms with E-state index in [9.17, 15) is 13.2 Å². The molecule has 0 spiro atoms. The van der Waals surface area contributed by atoms with E-state index in [1.807, 2.05) is 30.3 Å². The molecule has 0 unspecified atom stereocenters. The Morgan fingerprint density at radius 3 is 2.35 bits per heavy atom. The number of anilines is 1. The maximum Gasteiger partial charge on any atom is 0.416 e. The van der Waals surface area contributed by atoms with Crippen LogP contribution < -0.4 is 10.5 Å². The van der Waals surface area contributed by atoms with Gasteiger partial charge in [0.05, 0.1) is 11.3 Å². The second-order valence-electron chi connectivity index (χ2n) is 4.48. The van der Waals surface area contributed by atoms with Gasteiger partial charge in [0.15, 0.2) is 0 Å². The molecule has 0 aliphatic rings. The molecule has 2 aromatic carbocycles. The number of aryl methyl sites for hydroxylation is 1. The van der Waals surface area contributed by atoms with Gasteiger partial charge in [-0.25, -0.2) is 0 Å². The van der Waals surface area contributed by atoms with E-state index in [1.165, 1.54) is 13.0 Å². The van der Waals surface area contributed by atoms with Crippen LogP contribution in [0.5, 0.6) is 5.75 Å². The van der Waals surface area contributed by atoms with Crippen LogP contribution in [0.1, 0.15) is 16.7 Å². The van der Waals surface area contributed by atoms with Crippen LogP contribution in [0.3, 0.4) is 0 Å². The third kappa shape index (κ3) is 3.23. The minimum atomic E-state index is -4.41. The van der Waals surface area contributed by atoms with E-state index in [1.54, 1.807) is 0 Å². The van der Waals surface area contributed by atoms with E-state index >= 15 is 0 Å². The summed E-state index contributed by atoms with van der Waals surface area (Å²) in [4.78, 5) is 0. The van der Waals surface area contributed by atoms with E-state index in [0.717, 1.165) is 11.6 Å². The van der Waals surface area contributed by atoms with Crippen LogP contribution in [0.25, 0.3) is 0 Å². The van der Waals surface area contributed by atoms with Gasteiger partial charge >= 0.3 is 6.18 Å². The van der Waals surface area contributed by atoms with Crippen molar-refractivity contribution in [1.82, 2.24) is 0 Å². The zero-order valence-corrected chi connectivity index (χ0v) is 10.9. The highest BCUT2D eigenvalue weighted by Crippen LogP contribution is 2.36. The van der Waals surface area contributed by atoms with Crippen molar-refractivity contribution in [3.8, 4) is 5.75 Å². The molecule has 2 N–H and O–H groups in total. The normalized spacial score (nSPS) is 11.4. The van der Waals surface area contributed by atoms with Crippen molar-refractivity contribution in [1.29, 1.82) is 0 Å². The Bertz CT molecular complexity index is 594. The molecule has 0 amide bonds. The van der Waals surface area contributed by atoms with Crippen LogP contribution in [0, 0.1) is 6.92 Å². The number of nitrogen functional groups attached to an aromatic ring is 1. The first-order chi connectivity index (χ1) is 9.38. The summed E-state index contributed by atoms with van der Waals surface area (Å²) in [6, 6.07) is 11.6. The molecule has 0 bridgehead atoms. The Morgan fingerprint density at radius 2 is 1.75 bits per heavy atom. The molecule has 0 saturated heterocycles. The molecular formula is C15H14F3NO. The topological polar surface area (TPSA) is 35.2 Å². The average molecular weight is 281 g/mol. The van der Waals surface area contributed by atoms with E-state index < -0.39 is 11.7 Å². The molecule has 0 aliphatic heterocycles. The Kier molecular flexibility index (Phi) is 3.88. The molecule has 2 nitrogen and oxygen atoms in total. The summed E-state index contributed by atoms with van der Waals surface area (Å²) in [5, 5.41) is 0. The van der Waals surface area contributed by atoms with Gasteiger partial charge in [0.2, 0.25) is 0 Å². The first-order valence-corrected chi connectivity index (χ1v) is 6.02. The summed E-state index contributed by atoms with van der Waals surface area (Å²) in [5.41, 5.74) is 5.89. The fourth-order valence-corrected chi connectivity index (χ4v) is 1.86. The van der Waals surface area contributed by atoms with Crippen molar-refractivity contribution >= 4 is 5.69 Å². The Hall–Kier alpha value is -2.17. The SMILES string of the molecule is Cc1cc(OCc2ccccc2)c(N)cc1C(F)(F)F. The maximum absolute atomic E-state index is 12.7. The van der Waals surface area contributed by atoms with Crippen molar-refractivity contribution in [2.45, 2.75) is 19.7 Å². The van der Waals surface area contributed by atoms with Gasteiger partial charge < -0.3 is 10.5 Å². The van der Waals surface area contributed by atoms with Crippen molar-refractivity contribution < 1.29 is 17.9 Å². The molecule has 20 heavy (non-hydrogen) atoms. The van der Waals surface area contributed by atoms with E-state index in [0.29, 0.717) is 0 Å². The van der Waals surface area contributed by atoms with Gasteiger partial charge in [0.25, 0.3) is 0 Å². The zero-order chi connectivity index (χ0) is 14.8. The highest BCUT2D eigenvalue weighted by atomic mass is 19.4. The molecule has 0 aliphatic carbocycles. The molecule has 0 heterocycles. The monoisotopic (exact) mass is 281 g/mol. The molecule has 0 atom stereocenters. The highest BCUT2D eigenvalue weighted by Gasteiger charge is 2.33. The summed E-state index contributed by atoms with van der Waals surface area (Å²) >= 11 is 0. The molecule has 5 heteroatoms. The average Bonchev–Trinajstić information content (AvgIpc) is 2.39. The van der Waals surface area contributed by atoms with Crippen LogP contribution in [-0.4, -0.2) is 0 Å². The van der Waals surface area contributed by atoms with E-state index in [-0.39, 0.29) is 23.6 Å². The minimum absolute atomic E-state index is 0.0149. The molecule has 0 fully saturated rings. The smallest absolute Gasteiger partial charge is 0.416 e. The third-order valence-electron chi connectivity index (χ3n) is 2.90. The Morgan fingerprint density at radius 1 is 1.10 bits per heavy atom. The number of halogens is 3. The van der Waals surface area contributed by atoms with Crippen molar-refractivity contribution in [2.24, 2.45) is 0 Å². The molecule has 0 radical (unpaired) electrons. The van der Waals surface area contributed by atoms with Crippen LogP contribution in [0.15, 0.2) is 42.5 Å². The standard InChI is InChI=1S/C15H14F3NO/c1-10-7-14(13(19)8-12(10)15(16,17)18)20-9-11-5-3-2-4-6-11/h2-8H,9,19H2,1H3. The van der Waals surface area contributed by atoms with Gasteiger partial charge in [-0.1, -0.05) is 30.3 Å². The van der Waals surface area contributed by atoms with Gasteiger partial charge in [-0.3, -0.25) is 0 Å². The second-order valence-corrected chi connectivity index (χ2v) is 4.48. The molecule has 106 valence electrons. The number of hydrogen-bond acceptors (Lipinski definition) is 2. The number of alkyl halides is 3. The predicted octanol–water partition coefficient (Wildman–Crippen LogP) is 4.18. The van der Waals surface area contributed by atoms with Crippen LogP contribution in [0.2, 0.25) is 0 Å². The lowest BCUT2D eigenvalue weighted by molar-refractivity contribution is -0.138. The first-order valence-electron chi connectivity index (χ1n) is 6.02. The highest BCUT2D eigenvalue weighted by molar-refractivity contribution is 5.57. The first kappa shape index (κ1) is 14.2. The number of rotatable bonds is 3. The van der Waals surface area contributed by atoms with Crippen LogP contribution in [-0.2, 0) is 12.8 Å². The van der Waals surface area contributed by atoms with Gasteiger partial charge in [-0.2, -0.15) is 13.2 Å². The Balaban J connectivity index is 2.20. The molecule has 2 rings (SSSR count). The molecular weight excluding hydrogens is 267 g/mol. The third-order valence-corrected chi connectivity index (χ3v) is 2.90. The minimum Gasteiger partial charge on any atom is -0.487 e. The number of hydrogen-bond donors (Lipinski definition) is 1. The summed E-state index contributed by atoms with van der Waals surface area (Å²) in [5.74, 6) is 0.263. The van der Waals surface area contributed by atoms with Crippen molar-refractivity contribution in [3.05, 3.63) is 59.2 Å². The number of benzene rings is 2. The Labute approximate surface area is 115 Å².